The molecule has 11 aliphatic carbocycles. The van der Waals surface area contributed by atoms with Gasteiger partial charge < -0.3 is 23.7 Å². The van der Waals surface area contributed by atoms with Gasteiger partial charge in [-0.2, -0.15) is 0 Å². The van der Waals surface area contributed by atoms with Gasteiger partial charge in [0.2, 0.25) is 0 Å². The lowest BCUT2D eigenvalue weighted by Gasteiger charge is -2.62. The van der Waals surface area contributed by atoms with E-state index in [2.05, 4.69) is 62.3 Å². The zero-order valence-electron chi connectivity index (χ0n) is 62.5. The molecule has 8 bridgehead atoms. The van der Waals surface area contributed by atoms with Gasteiger partial charge in [0.15, 0.2) is 0 Å². The molecule has 0 heterocycles. The highest BCUT2D eigenvalue weighted by Crippen LogP contribution is 2.63. The second-order valence-corrected chi connectivity index (χ2v) is 35.0. The Balaban J connectivity index is 0.000000206. The average Bonchev–Trinajstić information content (AvgIpc) is 0.732. The molecule has 90 heavy (non-hydrogen) atoms. The van der Waals surface area contributed by atoms with E-state index in [9.17, 15) is 24.0 Å². The van der Waals surface area contributed by atoms with E-state index in [-0.39, 0.29) is 84.9 Å². The Morgan fingerprint density at radius 1 is 0.333 bits per heavy atom. The van der Waals surface area contributed by atoms with Crippen LogP contribution in [0.2, 0.25) is 0 Å². The van der Waals surface area contributed by atoms with E-state index in [1.165, 1.54) is 135 Å². The summed E-state index contributed by atoms with van der Waals surface area (Å²) in [5.41, 5.74) is -2.51. The molecule has 10 heteroatoms. The highest BCUT2D eigenvalue weighted by Gasteiger charge is 2.62. The normalized spacial score (nSPS) is 30.6. The highest BCUT2D eigenvalue weighted by atomic mass is 16.6. The van der Waals surface area contributed by atoms with E-state index in [0.717, 1.165) is 114 Å². The highest BCUT2D eigenvalue weighted by molar-refractivity contribution is 5.78. The molecule has 0 radical (unpaired) electrons. The van der Waals surface area contributed by atoms with Gasteiger partial charge in [-0.25, -0.2) is 0 Å². The van der Waals surface area contributed by atoms with Crippen LogP contribution in [-0.4, -0.2) is 57.9 Å². The van der Waals surface area contributed by atoms with E-state index in [1.54, 1.807) is 0 Å². The molecule has 0 aromatic rings. The molecule has 0 spiro atoms. The van der Waals surface area contributed by atoms with E-state index >= 15 is 0 Å². The van der Waals surface area contributed by atoms with Gasteiger partial charge in [-0.05, 0) is 322 Å². The monoisotopic (exact) mass is 1260 g/mol. The van der Waals surface area contributed by atoms with Gasteiger partial charge in [-0.1, -0.05) is 101 Å². The topological polar surface area (TPSA) is 132 Å². The first-order chi connectivity index (χ1) is 42.0. The van der Waals surface area contributed by atoms with Crippen LogP contribution >= 0.6 is 0 Å². The van der Waals surface area contributed by atoms with Crippen molar-refractivity contribution < 1.29 is 47.7 Å². The van der Waals surface area contributed by atoms with Crippen LogP contribution in [0.3, 0.4) is 0 Å². The summed E-state index contributed by atoms with van der Waals surface area (Å²) >= 11 is 0. The fourth-order valence-electron chi connectivity index (χ4n) is 17.5. The minimum Gasteiger partial charge on any atom is -0.459 e. The Labute approximate surface area is 553 Å². The molecule has 0 atom stereocenters. The summed E-state index contributed by atoms with van der Waals surface area (Å²) in [7, 11) is 0. The third-order valence-corrected chi connectivity index (χ3v) is 26.3. The van der Waals surface area contributed by atoms with Gasteiger partial charge in [-0.3, -0.25) is 24.0 Å². The lowest BCUT2D eigenvalue weighted by atomic mass is 9.47. The summed E-state index contributed by atoms with van der Waals surface area (Å²) in [4.78, 5) is 61.8. The fourth-order valence-corrected chi connectivity index (χ4v) is 17.5. The van der Waals surface area contributed by atoms with Crippen LogP contribution in [0.1, 0.15) is 370 Å². The zero-order chi connectivity index (χ0) is 67.4. The zero-order valence-corrected chi connectivity index (χ0v) is 62.5. The molecule has 0 aromatic carbocycles. The van der Waals surface area contributed by atoms with Crippen molar-refractivity contribution in [2.45, 2.75) is 398 Å². The minimum atomic E-state index is -0.351. The van der Waals surface area contributed by atoms with Gasteiger partial charge in [0, 0.05) is 0 Å². The maximum Gasteiger partial charge on any atom is 0.312 e. The van der Waals surface area contributed by atoms with E-state index < -0.39 is 0 Å². The molecule has 0 aromatic heterocycles. The quantitative estimate of drug-likeness (QED) is 0.0910. The molecule has 0 aliphatic heterocycles. The number of hydrogen-bond donors (Lipinski definition) is 0. The molecule has 11 rings (SSSR count). The van der Waals surface area contributed by atoms with E-state index in [0.29, 0.717) is 29.6 Å². The van der Waals surface area contributed by atoms with Crippen molar-refractivity contribution in [3.63, 3.8) is 0 Å². The Kier molecular flexibility index (Phi) is 28.1. The average molecular weight is 1260 g/mol. The number of ether oxygens (including phenoxy) is 5. The van der Waals surface area contributed by atoms with Gasteiger partial charge in [0.05, 0.1) is 27.1 Å². The maximum absolute atomic E-state index is 12.8. The predicted molar refractivity (Wildman–Crippen MR) is 368 cm³/mol. The lowest BCUT2D eigenvalue weighted by Crippen LogP contribution is -2.63. The van der Waals surface area contributed by atoms with Crippen LogP contribution in [0.15, 0.2) is 0 Å². The van der Waals surface area contributed by atoms with Crippen molar-refractivity contribution in [1.29, 1.82) is 0 Å². The summed E-state index contributed by atoms with van der Waals surface area (Å²) in [5, 5.41) is 0. The van der Waals surface area contributed by atoms with E-state index in [4.69, 9.17) is 23.7 Å². The number of hydrogen-bond acceptors (Lipinski definition) is 10. The maximum atomic E-state index is 12.8. The van der Waals surface area contributed by atoms with Gasteiger partial charge >= 0.3 is 29.8 Å². The second kappa shape index (κ2) is 32.4. The number of carbonyl (C=O) groups excluding carboxylic acids is 5. The van der Waals surface area contributed by atoms with Crippen LogP contribution < -0.4 is 0 Å². The Morgan fingerprint density at radius 3 is 0.878 bits per heavy atom. The Morgan fingerprint density at radius 2 is 0.589 bits per heavy atom. The van der Waals surface area contributed by atoms with Crippen LogP contribution in [0, 0.1) is 80.3 Å². The van der Waals surface area contributed by atoms with Crippen molar-refractivity contribution >= 4 is 29.8 Å². The first kappa shape index (κ1) is 78.0. The van der Waals surface area contributed by atoms with Crippen molar-refractivity contribution in [1.82, 2.24) is 0 Å². The van der Waals surface area contributed by atoms with Crippen molar-refractivity contribution in [2.75, 3.05) is 0 Å². The number of carbonyl (C=O) groups is 5. The molecule has 0 amide bonds. The van der Waals surface area contributed by atoms with Crippen LogP contribution in [0.25, 0.3) is 0 Å². The summed E-state index contributed by atoms with van der Waals surface area (Å²) in [6, 6.07) is 0. The Hall–Kier alpha value is -2.65. The van der Waals surface area contributed by atoms with Gasteiger partial charge in [0.1, 0.15) is 28.0 Å². The molecule has 0 N–H and O–H groups in total. The number of rotatable bonds is 19. The van der Waals surface area contributed by atoms with E-state index in [1.807, 2.05) is 83.1 Å². The third-order valence-electron chi connectivity index (χ3n) is 26.3. The lowest BCUT2D eigenvalue weighted by molar-refractivity contribution is -0.231. The molecule has 11 fully saturated rings. The van der Waals surface area contributed by atoms with Crippen molar-refractivity contribution in [3.05, 3.63) is 0 Å². The first-order valence-electron chi connectivity index (χ1n) is 38.2. The second-order valence-electron chi connectivity index (χ2n) is 35.0. The third kappa shape index (κ3) is 19.1. The van der Waals surface area contributed by atoms with Gasteiger partial charge in [0.25, 0.3) is 0 Å². The smallest absolute Gasteiger partial charge is 0.312 e. The molecule has 11 aliphatic rings. The minimum absolute atomic E-state index is 0.00702. The van der Waals surface area contributed by atoms with Crippen LogP contribution in [0.4, 0.5) is 0 Å². The molecule has 0 unspecified atom stereocenters. The molecule has 10 nitrogen and oxygen atoms in total. The fraction of sp³-hybridized carbons (Fsp3) is 0.938. The van der Waals surface area contributed by atoms with Crippen LogP contribution in [0.5, 0.6) is 0 Å². The molecular formula is C80H142O10. The predicted octanol–water partition coefficient (Wildman–Crippen LogP) is 22.0. The summed E-state index contributed by atoms with van der Waals surface area (Å²) < 4.78 is 30.2. The molecule has 11 saturated carbocycles. The van der Waals surface area contributed by atoms with Gasteiger partial charge in [-0.15, -0.1) is 0 Å². The van der Waals surface area contributed by atoms with Crippen molar-refractivity contribution in [3.8, 4) is 0 Å². The standard InChI is InChI=1S/C19H32O2.C18H30O2.C16H30O2.C14H26O2.C13H24O2/c1-6-18(4,5)17(20)21-19(12(2)3)15-8-13-7-14(10-15)11-16(19)9-13;1-5-17(3,4)16(19)20-18(6-2)14-8-12-7-13(10-14)11-15(18)9-12;1-5-15(3,4)14(17)18-16(6-2)12-10-8-7-9-11-13-16;1-5-13(3,4)12(15)16-14(6-2)10-8-7-9-11-14;1-5-12(2,3)11(14)15-13(4)9-7-6-8-10-13/h12-16H,6-11H2,1-5H3;12-15H,5-11H2,1-4H3;5-13H2,1-4H3;5-11H2,1-4H3;5-10H2,1-4H3. The summed E-state index contributed by atoms with van der Waals surface area (Å²) in [6.07, 6.45) is 40.4. The Bertz CT molecular complexity index is 2200. The molecular weight excluding hydrogens is 1120 g/mol. The first-order valence-corrected chi connectivity index (χ1v) is 38.2. The van der Waals surface area contributed by atoms with Crippen molar-refractivity contribution in [2.24, 2.45) is 80.3 Å². The molecule has 522 valence electrons. The largest absolute Gasteiger partial charge is 0.459 e. The summed E-state index contributed by atoms with van der Waals surface area (Å²) in [5.74, 6) is 6.64. The number of esters is 5. The SMILES string of the molecule is CCC(C)(C)C(=O)OC1(C(C)C)C2CC3CC(C2)CC1C3.CCC(C)(C)C(=O)OC1(C)CCCCC1.CCC(C)(C)C(=O)OC1(CC)C2CC3CC(C2)CC1C3.CCC1(OC(=O)C(C)(C)CC)CCCCC1.CCC1(OC(=O)C(C)(C)CC)CCCCCCC1. The molecule has 0 saturated heterocycles. The summed E-state index contributed by atoms with van der Waals surface area (Å²) in [6.45, 7) is 43.4. The van der Waals surface area contributed by atoms with Crippen LogP contribution in [-0.2, 0) is 47.7 Å².